The van der Waals surface area contributed by atoms with Crippen molar-refractivity contribution in [2.45, 2.75) is 38.6 Å². The van der Waals surface area contributed by atoms with Gasteiger partial charge in [-0.3, -0.25) is 0 Å². The van der Waals surface area contributed by atoms with Crippen molar-refractivity contribution in [3.63, 3.8) is 0 Å². The molecule has 3 nitrogen and oxygen atoms in total. The molecule has 0 aromatic rings. The molecule has 0 amide bonds. The van der Waals surface area contributed by atoms with E-state index in [1.807, 2.05) is 0 Å². The molecular weight excluding hydrogens is 186 g/mol. The molecule has 0 aliphatic carbocycles. The molecule has 0 radical (unpaired) electrons. The fourth-order valence-electron chi connectivity index (χ4n) is 2.29. The first-order valence-electron chi connectivity index (χ1n) is 6.36. The Hall–Kier alpha value is -0.120. The van der Waals surface area contributed by atoms with Gasteiger partial charge in [0.2, 0.25) is 0 Å². The molecular formula is C12H27N3. The minimum atomic E-state index is 0.677. The molecule has 0 bridgehead atoms. The number of nitrogens with two attached hydrogens (primary N) is 1. The van der Waals surface area contributed by atoms with Crippen molar-refractivity contribution in [2.24, 2.45) is 11.7 Å². The molecule has 0 spiro atoms. The molecule has 0 saturated carbocycles. The summed E-state index contributed by atoms with van der Waals surface area (Å²) < 4.78 is 0. The van der Waals surface area contributed by atoms with Gasteiger partial charge >= 0.3 is 0 Å². The summed E-state index contributed by atoms with van der Waals surface area (Å²) in [5.74, 6) is 0.874. The summed E-state index contributed by atoms with van der Waals surface area (Å²) in [6.07, 6.45) is 5.06. The molecule has 1 aliphatic heterocycles. The van der Waals surface area contributed by atoms with Crippen LogP contribution in [0.4, 0.5) is 0 Å². The predicted octanol–water partition coefficient (Wildman–Crippen LogP) is 1.05. The van der Waals surface area contributed by atoms with Gasteiger partial charge in [0.15, 0.2) is 0 Å². The van der Waals surface area contributed by atoms with Gasteiger partial charge in [-0.15, -0.1) is 0 Å². The quantitative estimate of drug-likeness (QED) is 0.648. The molecule has 0 aromatic carbocycles. The molecule has 0 aromatic heterocycles. The van der Waals surface area contributed by atoms with Gasteiger partial charge in [0.25, 0.3) is 0 Å². The number of hydrogen-bond donors (Lipinski definition) is 2. The summed E-state index contributed by atoms with van der Waals surface area (Å²) in [6.45, 7) is 6.81. The van der Waals surface area contributed by atoms with Crippen molar-refractivity contribution in [2.75, 3.05) is 33.2 Å². The van der Waals surface area contributed by atoms with E-state index >= 15 is 0 Å². The minimum absolute atomic E-state index is 0.677. The Labute approximate surface area is 94.4 Å². The van der Waals surface area contributed by atoms with E-state index in [4.69, 9.17) is 5.73 Å². The van der Waals surface area contributed by atoms with Crippen molar-refractivity contribution in [3.8, 4) is 0 Å². The third-order valence-corrected chi connectivity index (χ3v) is 3.57. The molecule has 1 atom stereocenters. The third kappa shape index (κ3) is 4.96. The van der Waals surface area contributed by atoms with Gasteiger partial charge in [-0.25, -0.2) is 0 Å². The number of nitrogens with one attached hydrogen (secondary N) is 1. The smallest absolute Gasteiger partial charge is 0.00679 e. The van der Waals surface area contributed by atoms with E-state index in [1.165, 1.54) is 32.4 Å². The first-order chi connectivity index (χ1) is 7.24. The Morgan fingerprint density at radius 2 is 2.00 bits per heavy atom. The van der Waals surface area contributed by atoms with Gasteiger partial charge in [0, 0.05) is 6.04 Å². The molecule has 3 heteroatoms. The molecule has 1 unspecified atom stereocenters. The Balaban J connectivity index is 2.08. The second kappa shape index (κ2) is 7.20. The van der Waals surface area contributed by atoms with Crippen LogP contribution in [-0.2, 0) is 0 Å². The van der Waals surface area contributed by atoms with Crippen LogP contribution in [0.25, 0.3) is 0 Å². The van der Waals surface area contributed by atoms with Crippen molar-refractivity contribution < 1.29 is 0 Å². The number of rotatable bonds is 6. The van der Waals surface area contributed by atoms with Crippen LogP contribution >= 0.6 is 0 Å². The largest absolute Gasteiger partial charge is 0.330 e. The molecule has 1 heterocycles. The van der Waals surface area contributed by atoms with Crippen molar-refractivity contribution in [1.29, 1.82) is 0 Å². The fourth-order valence-corrected chi connectivity index (χ4v) is 2.29. The lowest BCUT2D eigenvalue weighted by atomic mass is 9.90. The van der Waals surface area contributed by atoms with Crippen molar-refractivity contribution in [3.05, 3.63) is 0 Å². The summed E-state index contributed by atoms with van der Waals surface area (Å²) >= 11 is 0. The molecule has 1 fully saturated rings. The standard InChI is InChI=1S/C12H27N3/c1-11(14-8-4-3-7-13)12-5-9-15(2)10-6-12/h11-12,14H,3-10,13H2,1-2H3. The van der Waals surface area contributed by atoms with Crippen LogP contribution in [0.2, 0.25) is 0 Å². The number of hydrogen-bond acceptors (Lipinski definition) is 3. The summed E-state index contributed by atoms with van der Waals surface area (Å²) in [5, 5.41) is 3.63. The zero-order chi connectivity index (χ0) is 11.1. The first-order valence-corrected chi connectivity index (χ1v) is 6.36. The molecule has 1 aliphatic rings. The topological polar surface area (TPSA) is 41.3 Å². The molecule has 15 heavy (non-hydrogen) atoms. The van der Waals surface area contributed by atoms with Gasteiger partial charge < -0.3 is 16.0 Å². The number of piperidine rings is 1. The normalized spacial score (nSPS) is 21.8. The fraction of sp³-hybridized carbons (Fsp3) is 1.00. The van der Waals surface area contributed by atoms with Crippen LogP contribution in [0.15, 0.2) is 0 Å². The van der Waals surface area contributed by atoms with E-state index in [0.29, 0.717) is 6.04 Å². The molecule has 3 N–H and O–H groups in total. The van der Waals surface area contributed by atoms with E-state index in [-0.39, 0.29) is 0 Å². The molecule has 1 rings (SSSR count). The van der Waals surface area contributed by atoms with Crippen LogP contribution < -0.4 is 11.1 Å². The van der Waals surface area contributed by atoms with E-state index in [9.17, 15) is 0 Å². The zero-order valence-electron chi connectivity index (χ0n) is 10.3. The van der Waals surface area contributed by atoms with Crippen LogP contribution in [0, 0.1) is 5.92 Å². The van der Waals surface area contributed by atoms with Gasteiger partial charge in [0.05, 0.1) is 0 Å². The van der Waals surface area contributed by atoms with Gasteiger partial charge in [-0.1, -0.05) is 0 Å². The first kappa shape index (κ1) is 12.9. The Morgan fingerprint density at radius 3 is 2.60 bits per heavy atom. The highest BCUT2D eigenvalue weighted by Crippen LogP contribution is 2.19. The summed E-state index contributed by atoms with van der Waals surface area (Å²) in [6, 6.07) is 0.677. The maximum absolute atomic E-state index is 5.47. The maximum atomic E-state index is 5.47. The second-order valence-electron chi connectivity index (χ2n) is 4.88. The van der Waals surface area contributed by atoms with E-state index in [0.717, 1.165) is 25.4 Å². The number of unbranched alkanes of at least 4 members (excludes halogenated alkanes) is 1. The highest BCUT2D eigenvalue weighted by molar-refractivity contribution is 4.78. The van der Waals surface area contributed by atoms with Crippen LogP contribution in [0.3, 0.4) is 0 Å². The lowest BCUT2D eigenvalue weighted by molar-refractivity contribution is 0.190. The Morgan fingerprint density at radius 1 is 1.33 bits per heavy atom. The average molecular weight is 213 g/mol. The van der Waals surface area contributed by atoms with Crippen LogP contribution in [0.5, 0.6) is 0 Å². The Kier molecular flexibility index (Phi) is 6.22. The Bertz CT molecular complexity index is 153. The summed E-state index contributed by atoms with van der Waals surface area (Å²) in [4.78, 5) is 2.43. The predicted molar refractivity (Wildman–Crippen MR) is 66.0 cm³/mol. The van der Waals surface area contributed by atoms with Gasteiger partial charge in [-0.2, -0.15) is 0 Å². The monoisotopic (exact) mass is 213 g/mol. The molecule has 1 saturated heterocycles. The lowest BCUT2D eigenvalue weighted by Crippen LogP contribution is -2.41. The number of nitrogens with zero attached hydrogens (tertiary/aromatic N) is 1. The summed E-state index contributed by atoms with van der Waals surface area (Å²) in [5.41, 5.74) is 5.47. The average Bonchev–Trinajstić information content (AvgIpc) is 2.25. The number of likely N-dealkylation sites (tertiary alicyclic amines) is 1. The van der Waals surface area contributed by atoms with E-state index in [1.54, 1.807) is 0 Å². The second-order valence-corrected chi connectivity index (χ2v) is 4.88. The maximum Gasteiger partial charge on any atom is 0.00679 e. The van der Waals surface area contributed by atoms with Crippen LogP contribution in [0.1, 0.15) is 32.6 Å². The van der Waals surface area contributed by atoms with E-state index in [2.05, 4.69) is 24.2 Å². The third-order valence-electron chi connectivity index (χ3n) is 3.57. The molecule has 90 valence electrons. The zero-order valence-corrected chi connectivity index (χ0v) is 10.3. The van der Waals surface area contributed by atoms with Crippen LogP contribution in [-0.4, -0.2) is 44.2 Å². The van der Waals surface area contributed by atoms with E-state index < -0.39 is 0 Å². The van der Waals surface area contributed by atoms with Gasteiger partial charge in [-0.05, 0) is 71.8 Å². The van der Waals surface area contributed by atoms with Crippen molar-refractivity contribution in [1.82, 2.24) is 10.2 Å². The highest BCUT2D eigenvalue weighted by atomic mass is 15.1. The highest BCUT2D eigenvalue weighted by Gasteiger charge is 2.21. The van der Waals surface area contributed by atoms with Gasteiger partial charge in [0.1, 0.15) is 0 Å². The van der Waals surface area contributed by atoms with Crippen molar-refractivity contribution >= 4 is 0 Å². The lowest BCUT2D eigenvalue weighted by Gasteiger charge is -2.33. The SMILES string of the molecule is CC(NCCCCN)C1CCN(C)CC1. The summed E-state index contributed by atoms with van der Waals surface area (Å²) in [7, 11) is 2.22. The minimum Gasteiger partial charge on any atom is -0.330 e.